The largest absolute Gasteiger partial charge is 0.464 e. The normalized spacial score (nSPS) is 10.4. The van der Waals surface area contributed by atoms with Crippen molar-refractivity contribution >= 4 is 11.8 Å². The maximum Gasteiger partial charge on any atom is 0.358 e. The fourth-order valence-corrected chi connectivity index (χ4v) is 1.21. The van der Waals surface area contributed by atoms with Gasteiger partial charge in [0.2, 0.25) is 0 Å². The van der Waals surface area contributed by atoms with Gasteiger partial charge in [0, 0.05) is 19.1 Å². The van der Waals surface area contributed by atoms with Gasteiger partial charge in [-0.15, -0.1) is 0 Å². The van der Waals surface area contributed by atoms with Crippen LogP contribution in [0.25, 0.3) is 0 Å². The maximum absolute atomic E-state index is 11.2. The Morgan fingerprint density at radius 3 is 2.82 bits per heavy atom. The first kappa shape index (κ1) is 13.4. The molecule has 6 heteroatoms. The maximum atomic E-state index is 11.2. The summed E-state index contributed by atoms with van der Waals surface area (Å²) in [6.07, 6.45) is 2.95. The van der Waals surface area contributed by atoms with Crippen molar-refractivity contribution < 1.29 is 9.53 Å². The lowest BCUT2D eigenvalue weighted by Gasteiger charge is -2.09. The van der Waals surface area contributed by atoms with Crippen molar-refractivity contribution in [3.05, 3.63) is 18.1 Å². The minimum atomic E-state index is -0.485. The lowest BCUT2D eigenvalue weighted by Crippen LogP contribution is -2.28. The number of hydrogen-bond donors (Lipinski definition) is 2. The Labute approximate surface area is 101 Å². The van der Waals surface area contributed by atoms with Crippen LogP contribution in [0.4, 0.5) is 5.82 Å². The number of aromatic nitrogens is 2. The number of esters is 1. The molecular formula is C11H18N4O2. The van der Waals surface area contributed by atoms with Crippen LogP contribution < -0.4 is 10.6 Å². The van der Waals surface area contributed by atoms with Gasteiger partial charge < -0.3 is 15.4 Å². The van der Waals surface area contributed by atoms with Gasteiger partial charge in [-0.25, -0.2) is 9.78 Å². The lowest BCUT2D eigenvalue weighted by molar-refractivity contribution is 0.0593. The summed E-state index contributed by atoms with van der Waals surface area (Å²) in [5.41, 5.74) is 0.203. The molecule has 1 heterocycles. The molecule has 0 spiro atoms. The van der Waals surface area contributed by atoms with Gasteiger partial charge in [0.05, 0.1) is 19.5 Å². The van der Waals surface area contributed by atoms with Crippen molar-refractivity contribution in [3.63, 3.8) is 0 Å². The third-order valence-electron chi connectivity index (χ3n) is 2.01. The molecule has 0 amide bonds. The van der Waals surface area contributed by atoms with Gasteiger partial charge in [-0.1, -0.05) is 13.8 Å². The van der Waals surface area contributed by atoms with Crippen LogP contribution in [0.3, 0.4) is 0 Å². The van der Waals surface area contributed by atoms with E-state index >= 15 is 0 Å². The number of methoxy groups -OCH3 is 1. The van der Waals surface area contributed by atoms with E-state index in [0.717, 1.165) is 13.1 Å². The molecule has 0 aliphatic heterocycles. The summed E-state index contributed by atoms with van der Waals surface area (Å²) in [6, 6.07) is 0.448. The van der Waals surface area contributed by atoms with Crippen LogP contribution in [-0.4, -0.2) is 42.2 Å². The minimum Gasteiger partial charge on any atom is -0.464 e. The smallest absolute Gasteiger partial charge is 0.358 e. The van der Waals surface area contributed by atoms with Gasteiger partial charge >= 0.3 is 5.97 Å². The number of carbonyl (C=O) groups is 1. The second-order valence-corrected chi connectivity index (χ2v) is 3.82. The second kappa shape index (κ2) is 6.80. The van der Waals surface area contributed by atoms with E-state index in [9.17, 15) is 4.79 Å². The van der Waals surface area contributed by atoms with Gasteiger partial charge in [-0.2, -0.15) is 0 Å². The van der Waals surface area contributed by atoms with E-state index in [-0.39, 0.29) is 5.69 Å². The van der Waals surface area contributed by atoms with Crippen LogP contribution in [0, 0.1) is 0 Å². The third kappa shape index (κ3) is 4.78. The van der Waals surface area contributed by atoms with Crippen molar-refractivity contribution in [1.29, 1.82) is 0 Å². The summed E-state index contributed by atoms with van der Waals surface area (Å²) in [4.78, 5) is 19.2. The Morgan fingerprint density at radius 1 is 1.41 bits per heavy atom. The van der Waals surface area contributed by atoms with Crippen LogP contribution in [0.2, 0.25) is 0 Å². The van der Waals surface area contributed by atoms with Crippen molar-refractivity contribution in [2.75, 3.05) is 25.5 Å². The number of carbonyl (C=O) groups excluding carboxylic acids is 1. The zero-order valence-corrected chi connectivity index (χ0v) is 10.4. The highest BCUT2D eigenvalue weighted by Crippen LogP contribution is 2.02. The van der Waals surface area contributed by atoms with E-state index in [0.29, 0.717) is 11.9 Å². The van der Waals surface area contributed by atoms with Crippen LogP contribution in [0.15, 0.2) is 12.4 Å². The summed E-state index contributed by atoms with van der Waals surface area (Å²) in [5, 5.41) is 6.34. The Bertz CT molecular complexity index is 368. The zero-order valence-electron chi connectivity index (χ0n) is 10.4. The first-order valence-corrected chi connectivity index (χ1v) is 5.51. The fraction of sp³-hybridized carbons (Fsp3) is 0.545. The molecule has 0 atom stereocenters. The summed E-state index contributed by atoms with van der Waals surface area (Å²) in [6.45, 7) is 5.70. The molecule has 0 unspecified atom stereocenters. The molecule has 0 aromatic carbocycles. The van der Waals surface area contributed by atoms with Gasteiger partial charge in [-0.05, 0) is 0 Å². The standard InChI is InChI=1S/C11H18N4O2/c1-8(2)13-4-5-14-10-7-12-6-9(15-10)11(16)17-3/h6-8,13H,4-5H2,1-3H3,(H,14,15). The molecule has 2 N–H and O–H groups in total. The molecule has 0 fully saturated rings. The lowest BCUT2D eigenvalue weighted by atomic mass is 10.4. The molecule has 0 bridgehead atoms. The molecule has 1 aromatic rings. The number of rotatable bonds is 6. The first-order valence-electron chi connectivity index (χ1n) is 5.51. The van der Waals surface area contributed by atoms with Crippen LogP contribution in [0.1, 0.15) is 24.3 Å². The molecule has 0 aliphatic rings. The van der Waals surface area contributed by atoms with E-state index in [1.54, 1.807) is 6.20 Å². The monoisotopic (exact) mass is 238 g/mol. The van der Waals surface area contributed by atoms with E-state index in [2.05, 4.69) is 39.2 Å². The predicted octanol–water partition coefficient (Wildman–Crippen LogP) is 0.673. The van der Waals surface area contributed by atoms with Crippen molar-refractivity contribution in [2.24, 2.45) is 0 Å². The SMILES string of the molecule is COC(=O)c1cncc(NCCNC(C)C)n1. The Morgan fingerprint density at radius 2 is 2.18 bits per heavy atom. The number of nitrogens with zero attached hydrogens (tertiary/aromatic N) is 2. The van der Waals surface area contributed by atoms with Crippen molar-refractivity contribution in [1.82, 2.24) is 15.3 Å². The molecule has 0 radical (unpaired) electrons. The quantitative estimate of drug-likeness (QED) is 0.560. The predicted molar refractivity (Wildman–Crippen MR) is 65.0 cm³/mol. The molecular weight excluding hydrogens is 220 g/mol. The summed E-state index contributed by atoms with van der Waals surface area (Å²) >= 11 is 0. The number of hydrogen-bond acceptors (Lipinski definition) is 6. The van der Waals surface area contributed by atoms with Crippen LogP contribution in [-0.2, 0) is 4.74 Å². The third-order valence-corrected chi connectivity index (χ3v) is 2.01. The van der Waals surface area contributed by atoms with Gasteiger partial charge in [0.25, 0.3) is 0 Å². The average Bonchev–Trinajstić information content (AvgIpc) is 2.34. The molecule has 6 nitrogen and oxygen atoms in total. The van der Waals surface area contributed by atoms with Gasteiger partial charge in [0.15, 0.2) is 5.69 Å². The van der Waals surface area contributed by atoms with Crippen LogP contribution in [0.5, 0.6) is 0 Å². The van der Waals surface area contributed by atoms with E-state index in [1.165, 1.54) is 13.3 Å². The van der Waals surface area contributed by atoms with Gasteiger partial charge in [-0.3, -0.25) is 4.98 Å². The second-order valence-electron chi connectivity index (χ2n) is 3.82. The van der Waals surface area contributed by atoms with Crippen molar-refractivity contribution in [3.8, 4) is 0 Å². The van der Waals surface area contributed by atoms with Crippen molar-refractivity contribution in [2.45, 2.75) is 19.9 Å². The molecule has 1 aromatic heterocycles. The Kier molecular flexibility index (Phi) is 5.35. The van der Waals surface area contributed by atoms with Crippen LogP contribution >= 0.6 is 0 Å². The summed E-state index contributed by atoms with van der Waals surface area (Å²) < 4.78 is 4.57. The van der Waals surface area contributed by atoms with E-state index < -0.39 is 5.97 Å². The number of nitrogens with one attached hydrogen (secondary N) is 2. The first-order chi connectivity index (χ1) is 8.13. The van der Waals surface area contributed by atoms with E-state index in [4.69, 9.17) is 0 Å². The highest BCUT2D eigenvalue weighted by molar-refractivity contribution is 5.87. The zero-order chi connectivity index (χ0) is 12.7. The number of ether oxygens (including phenoxy) is 1. The average molecular weight is 238 g/mol. The molecule has 17 heavy (non-hydrogen) atoms. The molecule has 0 saturated heterocycles. The summed E-state index contributed by atoms with van der Waals surface area (Å²) in [7, 11) is 1.32. The summed E-state index contributed by atoms with van der Waals surface area (Å²) in [5.74, 6) is 0.0833. The Hall–Kier alpha value is -1.69. The highest BCUT2D eigenvalue weighted by Gasteiger charge is 2.07. The van der Waals surface area contributed by atoms with E-state index in [1.807, 2.05) is 0 Å². The molecule has 94 valence electrons. The number of anilines is 1. The van der Waals surface area contributed by atoms with Gasteiger partial charge in [0.1, 0.15) is 5.82 Å². The minimum absolute atomic E-state index is 0.203. The fourth-order valence-electron chi connectivity index (χ4n) is 1.21. The topological polar surface area (TPSA) is 76.1 Å². The Balaban J connectivity index is 2.46. The molecule has 0 aliphatic carbocycles. The molecule has 0 saturated carbocycles. The highest BCUT2D eigenvalue weighted by atomic mass is 16.5. The molecule has 1 rings (SSSR count).